The maximum Gasteiger partial charge on any atom is 0.343 e. The quantitative estimate of drug-likeness (QED) is 0.443. The average Bonchev–Trinajstić information content (AvgIpc) is 2.40. The summed E-state index contributed by atoms with van der Waals surface area (Å²) in [5.74, 6) is 2.55. The monoisotopic (exact) mass is 222 g/mol. The fraction of sp³-hybridized carbons (Fsp3) is 0. The molecule has 2 rings (SSSR count). The van der Waals surface area contributed by atoms with E-state index in [1.165, 1.54) is 0 Å². The van der Waals surface area contributed by atoms with Crippen LogP contribution in [0.3, 0.4) is 0 Å². The number of carbonyl (C=O) groups is 1. The lowest BCUT2D eigenvalue weighted by Gasteiger charge is -2.04. The zero-order valence-corrected chi connectivity index (χ0v) is 9.09. The van der Waals surface area contributed by atoms with Crippen LogP contribution in [0, 0.1) is 12.3 Å². The molecule has 0 fully saturated rings. The predicted molar refractivity (Wildman–Crippen MR) is 65.8 cm³/mol. The van der Waals surface area contributed by atoms with Crippen molar-refractivity contribution in [1.82, 2.24) is 0 Å². The molecule has 0 N–H and O–H groups in total. The van der Waals surface area contributed by atoms with Crippen molar-refractivity contribution in [3.8, 4) is 18.1 Å². The lowest BCUT2D eigenvalue weighted by Crippen LogP contribution is -2.08. The van der Waals surface area contributed by atoms with Crippen LogP contribution >= 0.6 is 0 Å². The summed E-state index contributed by atoms with van der Waals surface area (Å²) in [7, 11) is 0. The fourth-order valence-corrected chi connectivity index (χ4v) is 1.39. The molecular formula is C15H10O2. The Kier molecular flexibility index (Phi) is 3.23. The van der Waals surface area contributed by atoms with Crippen LogP contribution in [0.4, 0.5) is 0 Å². The average molecular weight is 222 g/mol. The molecule has 0 atom stereocenters. The van der Waals surface area contributed by atoms with Gasteiger partial charge in [-0.3, -0.25) is 0 Å². The number of esters is 1. The van der Waals surface area contributed by atoms with E-state index >= 15 is 0 Å². The van der Waals surface area contributed by atoms with Gasteiger partial charge < -0.3 is 4.74 Å². The number of hydrogen-bond donors (Lipinski definition) is 0. The first-order chi connectivity index (χ1) is 8.29. The second kappa shape index (κ2) is 5.00. The number of ether oxygens (including phenoxy) is 1. The molecule has 0 bridgehead atoms. The van der Waals surface area contributed by atoms with Crippen molar-refractivity contribution < 1.29 is 9.53 Å². The van der Waals surface area contributed by atoms with Crippen molar-refractivity contribution >= 4 is 5.97 Å². The normalized spacial score (nSPS) is 9.35. The molecule has 0 heterocycles. The third kappa shape index (κ3) is 2.73. The summed E-state index contributed by atoms with van der Waals surface area (Å²) in [5, 5.41) is 0. The molecule has 0 unspecified atom stereocenters. The van der Waals surface area contributed by atoms with Gasteiger partial charge in [0.05, 0.1) is 5.56 Å². The van der Waals surface area contributed by atoms with Crippen LogP contribution in [0.2, 0.25) is 0 Å². The number of benzene rings is 2. The van der Waals surface area contributed by atoms with E-state index in [4.69, 9.17) is 11.2 Å². The molecule has 0 saturated carbocycles. The van der Waals surface area contributed by atoms with Crippen LogP contribution in [0.25, 0.3) is 0 Å². The smallest absolute Gasteiger partial charge is 0.343 e. The highest BCUT2D eigenvalue weighted by Gasteiger charge is 2.07. The number of terminal acetylenes is 1. The van der Waals surface area contributed by atoms with Gasteiger partial charge in [0.25, 0.3) is 0 Å². The van der Waals surface area contributed by atoms with Gasteiger partial charge in [0.15, 0.2) is 0 Å². The van der Waals surface area contributed by atoms with Crippen molar-refractivity contribution in [2.24, 2.45) is 0 Å². The summed E-state index contributed by atoms with van der Waals surface area (Å²) < 4.78 is 5.21. The van der Waals surface area contributed by atoms with Crippen LogP contribution in [-0.4, -0.2) is 5.97 Å². The summed E-state index contributed by atoms with van der Waals surface area (Å²) in [6, 6.07) is 15.7. The fourth-order valence-electron chi connectivity index (χ4n) is 1.39. The molecule has 2 aromatic carbocycles. The molecule has 0 aliphatic rings. The van der Waals surface area contributed by atoms with E-state index in [-0.39, 0.29) is 5.97 Å². The first kappa shape index (κ1) is 11.0. The van der Waals surface area contributed by atoms with Gasteiger partial charge in [-0.1, -0.05) is 30.2 Å². The van der Waals surface area contributed by atoms with Gasteiger partial charge in [0, 0.05) is 5.56 Å². The first-order valence-corrected chi connectivity index (χ1v) is 5.13. The van der Waals surface area contributed by atoms with Gasteiger partial charge in [0.1, 0.15) is 5.75 Å². The molecule has 82 valence electrons. The summed E-state index contributed by atoms with van der Waals surface area (Å²) >= 11 is 0. The van der Waals surface area contributed by atoms with E-state index in [2.05, 4.69) is 5.92 Å². The Balaban J connectivity index is 2.17. The molecular weight excluding hydrogens is 212 g/mol. The molecule has 0 aliphatic carbocycles. The third-order valence-electron chi connectivity index (χ3n) is 2.22. The highest BCUT2D eigenvalue weighted by atomic mass is 16.5. The molecule has 0 aromatic heterocycles. The van der Waals surface area contributed by atoms with Crippen molar-refractivity contribution in [1.29, 1.82) is 0 Å². The maximum atomic E-state index is 11.7. The Morgan fingerprint density at radius 2 is 1.82 bits per heavy atom. The lowest BCUT2D eigenvalue weighted by atomic mass is 10.2. The summed E-state index contributed by atoms with van der Waals surface area (Å²) in [6.45, 7) is 0. The Bertz CT molecular complexity index is 565. The zero-order chi connectivity index (χ0) is 12.1. The summed E-state index contributed by atoms with van der Waals surface area (Å²) in [5.41, 5.74) is 1.20. The second-order valence-corrected chi connectivity index (χ2v) is 3.43. The molecule has 2 nitrogen and oxygen atoms in total. The molecule has 0 spiro atoms. The van der Waals surface area contributed by atoms with Crippen LogP contribution in [0.1, 0.15) is 15.9 Å². The Morgan fingerprint density at radius 1 is 1.06 bits per heavy atom. The second-order valence-electron chi connectivity index (χ2n) is 3.43. The highest BCUT2D eigenvalue weighted by molar-refractivity contribution is 5.90. The number of hydrogen-bond acceptors (Lipinski definition) is 2. The van der Waals surface area contributed by atoms with Crippen LogP contribution in [0.5, 0.6) is 5.75 Å². The van der Waals surface area contributed by atoms with Gasteiger partial charge in [-0.25, -0.2) is 4.79 Å². The lowest BCUT2D eigenvalue weighted by molar-refractivity contribution is 0.0735. The number of carbonyl (C=O) groups excluding carboxylic acids is 1. The maximum absolute atomic E-state index is 11.7. The van der Waals surface area contributed by atoms with E-state index in [0.29, 0.717) is 16.9 Å². The Labute approximate surface area is 99.9 Å². The topological polar surface area (TPSA) is 26.3 Å². The highest BCUT2D eigenvalue weighted by Crippen LogP contribution is 2.14. The van der Waals surface area contributed by atoms with E-state index in [0.717, 1.165) is 0 Å². The van der Waals surface area contributed by atoms with Gasteiger partial charge in [0.2, 0.25) is 0 Å². The number of rotatable bonds is 2. The van der Waals surface area contributed by atoms with Crippen molar-refractivity contribution in [2.45, 2.75) is 0 Å². The molecule has 2 aromatic rings. The van der Waals surface area contributed by atoms with Crippen molar-refractivity contribution in [2.75, 3.05) is 0 Å². The van der Waals surface area contributed by atoms with Crippen LogP contribution < -0.4 is 4.74 Å². The Morgan fingerprint density at radius 3 is 2.53 bits per heavy atom. The summed E-state index contributed by atoms with van der Waals surface area (Å²) in [4.78, 5) is 11.7. The minimum Gasteiger partial charge on any atom is -0.423 e. The SMILES string of the molecule is C#Cc1cccc(OC(=O)c2ccccc2)c1. The largest absolute Gasteiger partial charge is 0.423 e. The predicted octanol–water partition coefficient (Wildman–Crippen LogP) is 2.89. The first-order valence-electron chi connectivity index (χ1n) is 5.13. The molecule has 0 amide bonds. The molecule has 0 radical (unpaired) electrons. The van der Waals surface area contributed by atoms with Crippen LogP contribution in [-0.2, 0) is 0 Å². The van der Waals surface area contributed by atoms with Crippen LogP contribution in [0.15, 0.2) is 54.6 Å². The van der Waals surface area contributed by atoms with E-state index in [9.17, 15) is 4.79 Å². The van der Waals surface area contributed by atoms with E-state index in [1.807, 2.05) is 6.07 Å². The summed E-state index contributed by atoms with van der Waals surface area (Å²) in [6.07, 6.45) is 5.27. The minimum atomic E-state index is -0.389. The van der Waals surface area contributed by atoms with Gasteiger partial charge in [-0.15, -0.1) is 6.42 Å². The van der Waals surface area contributed by atoms with Crippen molar-refractivity contribution in [3.63, 3.8) is 0 Å². The van der Waals surface area contributed by atoms with Gasteiger partial charge in [-0.2, -0.15) is 0 Å². The molecule has 0 saturated heterocycles. The third-order valence-corrected chi connectivity index (χ3v) is 2.22. The standard InChI is InChI=1S/C15H10O2/c1-2-12-7-6-10-14(11-12)17-15(16)13-8-4-3-5-9-13/h1,3-11H. The zero-order valence-electron chi connectivity index (χ0n) is 9.09. The molecule has 2 heteroatoms. The van der Waals surface area contributed by atoms with E-state index in [1.54, 1.807) is 48.5 Å². The molecule has 0 aliphatic heterocycles. The Hall–Kier alpha value is -2.53. The van der Waals surface area contributed by atoms with Gasteiger partial charge >= 0.3 is 5.97 Å². The minimum absolute atomic E-state index is 0.389. The van der Waals surface area contributed by atoms with Gasteiger partial charge in [-0.05, 0) is 30.3 Å². The molecule has 17 heavy (non-hydrogen) atoms. The van der Waals surface area contributed by atoms with Crippen molar-refractivity contribution in [3.05, 3.63) is 65.7 Å². The van der Waals surface area contributed by atoms with E-state index < -0.39 is 0 Å².